The van der Waals surface area contributed by atoms with Crippen LogP contribution >= 0.6 is 0 Å². The van der Waals surface area contributed by atoms with Crippen LogP contribution in [0.1, 0.15) is 12.5 Å². The highest BCUT2D eigenvalue weighted by Gasteiger charge is 1.96. The molecule has 0 unspecified atom stereocenters. The predicted octanol–water partition coefficient (Wildman–Crippen LogP) is 1.28. The molecule has 1 aromatic rings. The van der Waals surface area contributed by atoms with E-state index in [4.69, 9.17) is 14.2 Å². The lowest BCUT2D eigenvalue weighted by molar-refractivity contribution is 0.0230. The number of nitrogens with zero attached hydrogens (tertiary/aromatic N) is 1. The van der Waals surface area contributed by atoms with Gasteiger partial charge in [-0.2, -0.15) is 0 Å². The van der Waals surface area contributed by atoms with Gasteiger partial charge in [-0.1, -0.05) is 6.92 Å². The maximum atomic E-state index is 5.51. The number of hydrogen-bond donors (Lipinski definition) is 1. The Morgan fingerprint density at radius 1 is 1.11 bits per heavy atom. The molecule has 1 aromatic heterocycles. The van der Waals surface area contributed by atoms with Gasteiger partial charge in [0.25, 0.3) is 0 Å². The normalized spacial score (nSPS) is 11.1. The van der Waals surface area contributed by atoms with E-state index in [9.17, 15) is 0 Å². The minimum atomic E-state index is 0.626. The summed E-state index contributed by atoms with van der Waals surface area (Å²) < 4.78 is 17.9. The average molecular weight is 270 g/mol. The van der Waals surface area contributed by atoms with Crippen molar-refractivity contribution >= 4 is 0 Å². The fourth-order valence-corrected chi connectivity index (χ4v) is 1.64. The van der Waals surface area contributed by atoms with E-state index in [-0.39, 0.29) is 0 Å². The molecule has 0 radical (unpaired) electrons. The van der Waals surface area contributed by atoms with E-state index < -0.39 is 0 Å². The van der Waals surface area contributed by atoms with Crippen LogP contribution in [-0.4, -0.2) is 51.3 Å². The monoisotopic (exact) mass is 270 g/mol. The molecular formula is C14H26N2O3. The fourth-order valence-electron chi connectivity index (χ4n) is 1.64. The Bertz CT molecular complexity index is 315. The van der Waals surface area contributed by atoms with E-state index >= 15 is 0 Å². The molecule has 5 heteroatoms. The first kappa shape index (κ1) is 16.2. The summed E-state index contributed by atoms with van der Waals surface area (Å²) in [4.78, 5) is 0. The van der Waals surface area contributed by atoms with Crippen molar-refractivity contribution in [1.29, 1.82) is 0 Å². The first-order chi connectivity index (χ1) is 9.36. The molecular weight excluding hydrogens is 244 g/mol. The summed E-state index contributed by atoms with van der Waals surface area (Å²) in [5.74, 6) is 0. The third kappa shape index (κ3) is 8.00. The number of nitrogens with one attached hydrogen (secondary N) is 1. The van der Waals surface area contributed by atoms with Gasteiger partial charge >= 0.3 is 0 Å². The van der Waals surface area contributed by atoms with Crippen LogP contribution in [-0.2, 0) is 27.3 Å². The second-order valence-corrected chi connectivity index (χ2v) is 4.26. The van der Waals surface area contributed by atoms with Crippen LogP contribution in [0, 0.1) is 0 Å². The molecule has 0 aliphatic carbocycles. The van der Waals surface area contributed by atoms with Crippen molar-refractivity contribution in [3.05, 3.63) is 24.0 Å². The highest BCUT2D eigenvalue weighted by atomic mass is 16.5. The van der Waals surface area contributed by atoms with Crippen molar-refractivity contribution in [3.8, 4) is 0 Å². The van der Waals surface area contributed by atoms with E-state index in [1.54, 1.807) is 7.11 Å². The van der Waals surface area contributed by atoms with Crippen LogP contribution in [0.15, 0.2) is 18.5 Å². The molecule has 1 heterocycles. The van der Waals surface area contributed by atoms with Crippen LogP contribution in [0.3, 0.4) is 0 Å². The second kappa shape index (κ2) is 11.0. The van der Waals surface area contributed by atoms with Crippen LogP contribution in [0.5, 0.6) is 0 Å². The van der Waals surface area contributed by atoms with Crippen LogP contribution < -0.4 is 5.32 Å². The molecule has 0 aromatic carbocycles. The van der Waals surface area contributed by atoms with Gasteiger partial charge in [0.2, 0.25) is 0 Å². The van der Waals surface area contributed by atoms with Gasteiger partial charge in [0.05, 0.1) is 33.0 Å². The van der Waals surface area contributed by atoms with E-state index in [2.05, 4.69) is 35.3 Å². The maximum absolute atomic E-state index is 5.51. The largest absolute Gasteiger partial charge is 0.382 e. The van der Waals surface area contributed by atoms with Crippen molar-refractivity contribution in [3.63, 3.8) is 0 Å². The molecule has 0 bridgehead atoms. The van der Waals surface area contributed by atoms with Crippen molar-refractivity contribution in [2.75, 3.05) is 46.7 Å². The zero-order valence-electron chi connectivity index (χ0n) is 12.1. The predicted molar refractivity (Wildman–Crippen MR) is 75.3 cm³/mol. The molecule has 0 saturated carbocycles. The third-order valence-electron chi connectivity index (χ3n) is 2.69. The van der Waals surface area contributed by atoms with Gasteiger partial charge < -0.3 is 24.1 Å². The zero-order valence-corrected chi connectivity index (χ0v) is 12.1. The maximum Gasteiger partial charge on any atom is 0.0701 e. The second-order valence-electron chi connectivity index (χ2n) is 4.26. The average Bonchev–Trinajstić information content (AvgIpc) is 2.87. The standard InChI is InChI=1S/C14H26N2O3/c1-3-15-12-14-4-5-16(13-14)6-7-18-10-11-19-9-8-17-2/h4-5,13,15H,3,6-12H2,1-2H3. The van der Waals surface area contributed by atoms with E-state index in [1.807, 2.05) is 0 Å². The summed E-state index contributed by atoms with van der Waals surface area (Å²) >= 11 is 0. The van der Waals surface area contributed by atoms with Gasteiger partial charge in [0.15, 0.2) is 0 Å². The lowest BCUT2D eigenvalue weighted by Gasteiger charge is -2.06. The minimum absolute atomic E-state index is 0.626. The molecule has 0 aliphatic heterocycles. The summed E-state index contributed by atoms with van der Waals surface area (Å²) in [5.41, 5.74) is 1.31. The summed E-state index contributed by atoms with van der Waals surface area (Å²) in [6, 6.07) is 2.14. The Hall–Kier alpha value is -0.880. The van der Waals surface area contributed by atoms with Crippen LogP contribution in [0.25, 0.3) is 0 Å². The lowest BCUT2D eigenvalue weighted by Crippen LogP contribution is -2.12. The number of methoxy groups -OCH3 is 1. The summed E-state index contributed by atoms with van der Waals surface area (Å²) in [6.07, 6.45) is 4.24. The minimum Gasteiger partial charge on any atom is -0.382 e. The summed E-state index contributed by atoms with van der Waals surface area (Å²) in [7, 11) is 1.67. The molecule has 1 rings (SSSR count). The number of hydrogen-bond acceptors (Lipinski definition) is 4. The molecule has 0 aliphatic rings. The third-order valence-corrected chi connectivity index (χ3v) is 2.69. The van der Waals surface area contributed by atoms with E-state index in [0.717, 1.165) is 19.6 Å². The Morgan fingerprint density at radius 3 is 2.58 bits per heavy atom. The van der Waals surface area contributed by atoms with Crippen LogP contribution in [0.4, 0.5) is 0 Å². The van der Waals surface area contributed by atoms with E-state index in [0.29, 0.717) is 33.0 Å². The molecule has 1 N–H and O–H groups in total. The number of ether oxygens (including phenoxy) is 3. The van der Waals surface area contributed by atoms with Crippen molar-refractivity contribution in [2.24, 2.45) is 0 Å². The van der Waals surface area contributed by atoms with Crippen molar-refractivity contribution < 1.29 is 14.2 Å². The van der Waals surface area contributed by atoms with Gasteiger partial charge in [-0.15, -0.1) is 0 Å². The first-order valence-electron chi connectivity index (χ1n) is 6.86. The summed E-state index contributed by atoms with van der Waals surface area (Å²) in [6.45, 7) is 8.15. The lowest BCUT2D eigenvalue weighted by atomic mass is 10.3. The van der Waals surface area contributed by atoms with Crippen LogP contribution in [0.2, 0.25) is 0 Å². The molecule has 19 heavy (non-hydrogen) atoms. The smallest absolute Gasteiger partial charge is 0.0701 e. The van der Waals surface area contributed by atoms with Gasteiger partial charge in [0, 0.05) is 32.6 Å². The quantitative estimate of drug-likeness (QED) is 0.581. The van der Waals surface area contributed by atoms with E-state index in [1.165, 1.54) is 5.56 Å². The number of rotatable bonds is 12. The first-order valence-corrected chi connectivity index (χ1v) is 6.86. The molecule has 110 valence electrons. The molecule has 0 amide bonds. The summed E-state index contributed by atoms with van der Waals surface area (Å²) in [5, 5.41) is 3.31. The highest BCUT2D eigenvalue weighted by Crippen LogP contribution is 2.00. The molecule has 0 spiro atoms. The Morgan fingerprint density at radius 2 is 1.84 bits per heavy atom. The SMILES string of the molecule is CCNCc1ccn(CCOCCOCCOC)c1. The Kier molecular flexibility index (Phi) is 9.36. The van der Waals surface area contributed by atoms with Gasteiger partial charge in [-0.3, -0.25) is 0 Å². The zero-order chi connectivity index (χ0) is 13.8. The Labute approximate surface area is 115 Å². The molecule has 0 atom stereocenters. The van der Waals surface area contributed by atoms with Gasteiger partial charge in [-0.25, -0.2) is 0 Å². The van der Waals surface area contributed by atoms with Crippen molar-refractivity contribution in [1.82, 2.24) is 9.88 Å². The van der Waals surface area contributed by atoms with Gasteiger partial charge in [-0.05, 0) is 18.2 Å². The van der Waals surface area contributed by atoms with Crippen molar-refractivity contribution in [2.45, 2.75) is 20.0 Å². The molecule has 5 nitrogen and oxygen atoms in total. The fraction of sp³-hybridized carbons (Fsp3) is 0.714. The van der Waals surface area contributed by atoms with Gasteiger partial charge in [0.1, 0.15) is 0 Å². The topological polar surface area (TPSA) is 44.7 Å². The highest BCUT2D eigenvalue weighted by molar-refractivity contribution is 5.09. The molecule has 0 fully saturated rings. The molecule has 0 saturated heterocycles. The number of aromatic nitrogens is 1. The Balaban J connectivity index is 1.98.